The molecule has 1 fully saturated rings. The predicted molar refractivity (Wildman–Crippen MR) is 74.4 cm³/mol. The topological polar surface area (TPSA) is 20.2 Å². The van der Waals surface area contributed by atoms with Gasteiger partial charge in [-0.3, -0.25) is 0 Å². The van der Waals surface area contributed by atoms with Crippen LogP contribution in [-0.4, -0.2) is 22.6 Å². The van der Waals surface area contributed by atoms with Crippen molar-refractivity contribution in [1.82, 2.24) is 0 Å². The van der Waals surface area contributed by atoms with Crippen molar-refractivity contribution in [2.75, 3.05) is 6.66 Å². The fourth-order valence-corrected chi connectivity index (χ4v) is 6.01. The Hall–Kier alpha value is 0.570. The lowest BCUT2D eigenvalue weighted by Gasteiger charge is -2.38. The van der Waals surface area contributed by atoms with Crippen molar-refractivity contribution >= 4 is 29.1 Å². The minimum atomic E-state index is -0.536. The van der Waals surface area contributed by atoms with Crippen molar-refractivity contribution in [1.29, 1.82) is 0 Å². The molecule has 0 radical (unpaired) electrons. The lowest BCUT2D eigenvalue weighted by atomic mass is 9.77. The normalized spacial score (nSPS) is 37.5. The molecule has 4 heteroatoms. The van der Waals surface area contributed by atoms with E-state index in [1.54, 1.807) is 11.4 Å². The highest BCUT2D eigenvalue weighted by Gasteiger charge is 2.42. The Bertz CT molecular complexity index is 276. The quantitative estimate of drug-likeness (QED) is 0.619. The Morgan fingerprint density at radius 1 is 1.67 bits per heavy atom. The van der Waals surface area contributed by atoms with Crippen LogP contribution in [0.4, 0.5) is 0 Å². The molecule has 1 unspecified atom stereocenters. The first-order valence-electron chi connectivity index (χ1n) is 5.28. The van der Waals surface area contributed by atoms with Crippen LogP contribution in [0.3, 0.4) is 0 Å². The summed E-state index contributed by atoms with van der Waals surface area (Å²) in [6.07, 6.45) is 2.98. The van der Waals surface area contributed by atoms with E-state index in [0.29, 0.717) is 11.2 Å². The van der Waals surface area contributed by atoms with Crippen LogP contribution in [0.1, 0.15) is 33.1 Å². The molecule has 1 rings (SSSR count). The van der Waals surface area contributed by atoms with E-state index in [0.717, 1.165) is 19.3 Å². The molecule has 1 aliphatic rings. The van der Waals surface area contributed by atoms with E-state index in [1.807, 2.05) is 6.92 Å². The van der Waals surface area contributed by atoms with Crippen LogP contribution in [0.5, 0.6) is 0 Å². The van der Waals surface area contributed by atoms with Gasteiger partial charge in [0.15, 0.2) is 11.8 Å². The molecule has 1 N–H and O–H groups in total. The molecule has 0 amide bonds. The molecule has 0 aromatic heterocycles. The maximum atomic E-state index is 10.3. The van der Waals surface area contributed by atoms with Crippen molar-refractivity contribution < 1.29 is 5.11 Å². The second kappa shape index (κ2) is 5.27. The van der Waals surface area contributed by atoms with Crippen LogP contribution in [0.15, 0.2) is 12.2 Å². The zero-order valence-electron chi connectivity index (χ0n) is 9.69. The van der Waals surface area contributed by atoms with Gasteiger partial charge in [0.25, 0.3) is 0 Å². The molecule has 4 atom stereocenters. The van der Waals surface area contributed by atoms with Crippen LogP contribution in [0.2, 0.25) is 0 Å². The SMILES string of the molecule is C=C(C)[C@H]1CC[C@@](C)(O)[C@H](S[P+](C)=S)C1. The first-order chi connectivity index (χ1) is 6.83. The third kappa shape index (κ3) is 3.81. The summed E-state index contributed by atoms with van der Waals surface area (Å²) >= 11 is 7.05. The Kier molecular flexibility index (Phi) is 4.79. The van der Waals surface area contributed by atoms with Gasteiger partial charge in [0.05, 0.1) is 22.2 Å². The highest BCUT2D eigenvalue weighted by molar-refractivity contribution is 8.64. The molecule has 0 aliphatic heterocycles. The van der Waals surface area contributed by atoms with Crippen molar-refractivity contribution in [2.24, 2.45) is 5.92 Å². The van der Waals surface area contributed by atoms with Gasteiger partial charge in [-0.15, -0.1) is 0 Å². The summed E-state index contributed by atoms with van der Waals surface area (Å²) in [5, 5.41) is 10.6. The van der Waals surface area contributed by atoms with E-state index >= 15 is 0 Å². The molecule has 0 heterocycles. The number of hydrogen-bond acceptors (Lipinski definition) is 3. The summed E-state index contributed by atoms with van der Waals surface area (Å²) in [5.74, 6) is 0.167. The fourth-order valence-electron chi connectivity index (χ4n) is 2.04. The summed E-state index contributed by atoms with van der Waals surface area (Å²) in [5.41, 5.74) is 0.715. The summed E-state index contributed by atoms with van der Waals surface area (Å²) in [7, 11) is 0. The number of aliphatic hydroxyl groups is 1. The molecule has 1 nitrogen and oxygen atoms in total. The van der Waals surface area contributed by atoms with Crippen LogP contribution in [0.25, 0.3) is 0 Å². The monoisotopic (exact) mass is 263 g/mol. The Morgan fingerprint density at radius 2 is 2.27 bits per heavy atom. The van der Waals surface area contributed by atoms with Crippen LogP contribution < -0.4 is 0 Å². The highest BCUT2D eigenvalue weighted by Crippen LogP contribution is 2.49. The van der Waals surface area contributed by atoms with Gasteiger partial charge < -0.3 is 5.11 Å². The average molecular weight is 263 g/mol. The maximum Gasteiger partial charge on any atom is 0.242 e. The first kappa shape index (κ1) is 13.6. The highest BCUT2D eigenvalue weighted by atomic mass is 32.9. The molecule has 1 saturated carbocycles. The third-order valence-electron chi connectivity index (χ3n) is 3.16. The molecule has 0 aromatic rings. The maximum absolute atomic E-state index is 10.3. The summed E-state index contributed by atoms with van der Waals surface area (Å²) < 4.78 is 0. The molecule has 86 valence electrons. The van der Waals surface area contributed by atoms with Gasteiger partial charge in [-0.2, -0.15) is 0 Å². The zero-order valence-corrected chi connectivity index (χ0v) is 12.2. The van der Waals surface area contributed by atoms with E-state index in [9.17, 15) is 5.11 Å². The van der Waals surface area contributed by atoms with Crippen LogP contribution >= 0.6 is 17.3 Å². The van der Waals surface area contributed by atoms with Gasteiger partial charge in [0, 0.05) is 0 Å². The molecule has 0 bridgehead atoms. The Labute approximate surface area is 103 Å². The third-order valence-corrected chi connectivity index (χ3v) is 6.84. The van der Waals surface area contributed by atoms with E-state index in [1.165, 1.54) is 5.57 Å². The largest absolute Gasteiger partial charge is 0.389 e. The Morgan fingerprint density at radius 3 is 2.73 bits per heavy atom. The molecular formula is C11H20OPS2+. The van der Waals surface area contributed by atoms with E-state index < -0.39 is 11.5 Å². The number of hydrogen-bond donors (Lipinski definition) is 1. The molecule has 1 aliphatic carbocycles. The minimum Gasteiger partial charge on any atom is -0.389 e. The standard InChI is InChI=1S/C11H20OPS2/c1-8(2)9-5-6-11(3,12)10(7-9)15-13(4)14/h9-10,12H,1,5-7H2,2-4H3/q+1/t9-,10+,11+/m0/s1. The summed E-state index contributed by atoms with van der Waals surface area (Å²) in [6, 6.07) is 0. The molecule has 0 saturated heterocycles. The van der Waals surface area contributed by atoms with Crippen molar-refractivity contribution in [3.63, 3.8) is 0 Å². The van der Waals surface area contributed by atoms with Gasteiger partial charge in [-0.1, -0.05) is 12.2 Å². The molecule has 0 spiro atoms. The number of rotatable bonds is 3. The summed E-state index contributed by atoms with van der Waals surface area (Å²) in [4.78, 5) is 0. The zero-order chi connectivity index (χ0) is 11.6. The smallest absolute Gasteiger partial charge is 0.242 e. The average Bonchev–Trinajstić information content (AvgIpc) is 2.07. The van der Waals surface area contributed by atoms with Gasteiger partial charge >= 0.3 is 0 Å². The summed E-state index contributed by atoms with van der Waals surface area (Å²) in [6.45, 7) is 10.2. The van der Waals surface area contributed by atoms with Gasteiger partial charge in [-0.05, 0) is 39.0 Å². The van der Waals surface area contributed by atoms with Crippen LogP contribution in [-0.2, 0) is 11.8 Å². The van der Waals surface area contributed by atoms with Gasteiger partial charge in [0.1, 0.15) is 6.66 Å². The number of allylic oxidation sites excluding steroid dienone is 1. The Balaban J connectivity index is 2.70. The molecular weight excluding hydrogens is 243 g/mol. The second-order valence-electron chi connectivity index (χ2n) is 4.71. The van der Waals surface area contributed by atoms with Crippen molar-refractivity contribution in [3.05, 3.63) is 12.2 Å². The van der Waals surface area contributed by atoms with E-state index in [2.05, 4.69) is 20.2 Å². The lowest BCUT2D eigenvalue weighted by Crippen LogP contribution is -2.42. The molecule has 15 heavy (non-hydrogen) atoms. The molecule has 0 aromatic carbocycles. The minimum absolute atomic E-state index is 0.293. The second-order valence-corrected chi connectivity index (χ2v) is 11.0. The van der Waals surface area contributed by atoms with E-state index in [4.69, 9.17) is 11.8 Å². The predicted octanol–water partition coefficient (Wildman–Crippen LogP) is 3.70. The van der Waals surface area contributed by atoms with Crippen LogP contribution in [0, 0.1) is 5.92 Å². The first-order valence-corrected chi connectivity index (χ1v) is 9.57. The van der Waals surface area contributed by atoms with E-state index in [-0.39, 0.29) is 0 Å². The lowest BCUT2D eigenvalue weighted by molar-refractivity contribution is 0.0198. The van der Waals surface area contributed by atoms with Gasteiger partial charge in [-0.25, -0.2) is 0 Å². The van der Waals surface area contributed by atoms with Gasteiger partial charge in [0.2, 0.25) is 5.90 Å². The van der Waals surface area contributed by atoms with Crippen molar-refractivity contribution in [2.45, 2.75) is 44.0 Å². The van der Waals surface area contributed by atoms with Crippen molar-refractivity contribution in [3.8, 4) is 0 Å². The fraction of sp³-hybridized carbons (Fsp3) is 0.818.